The lowest BCUT2D eigenvalue weighted by Crippen LogP contribution is -2.60. The summed E-state index contributed by atoms with van der Waals surface area (Å²) in [6.07, 6.45) is 9.69. The molecule has 0 heterocycles. The summed E-state index contributed by atoms with van der Waals surface area (Å²) in [5.41, 5.74) is -0.0563. The topological polar surface area (TPSA) is 55.4 Å². The summed E-state index contributed by atoms with van der Waals surface area (Å²) in [4.78, 5) is 0. The standard InChI is InChI=1S/C16H31NO3S/c1-4-11-17-15(16(20-2)9-6-10-16)13-7-5-8-14(12-13)21(3,18)19/h13-15,17H,4-12H2,1-3H3. The quantitative estimate of drug-likeness (QED) is 0.784. The summed E-state index contributed by atoms with van der Waals surface area (Å²) in [6, 6.07) is 0.306. The molecule has 21 heavy (non-hydrogen) atoms. The fraction of sp³-hybridized carbons (Fsp3) is 1.00. The Bertz CT molecular complexity index is 425. The van der Waals surface area contributed by atoms with E-state index in [1.165, 1.54) is 12.7 Å². The highest BCUT2D eigenvalue weighted by Gasteiger charge is 2.48. The van der Waals surface area contributed by atoms with Crippen LogP contribution in [0.15, 0.2) is 0 Å². The molecule has 2 saturated carbocycles. The van der Waals surface area contributed by atoms with Gasteiger partial charge in [-0.05, 0) is 57.4 Å². The second-order valence-electron chi connectivity index (χ2n) is 6.93. The van der Waals surface area contributed by atoms with Gasteiger partial charge in [-0.3, -0.25) is 0 Å². The number of hydrogen-bond donors (Lipinski definition) is 1. The third kappa shape index (κ3) is 3.80. The second-order valence-corrected chi connectivity index (χ2v) is 9.26. The fourth-order valence-corrected chi connectivity index (χ4v) is 5.31. The van der Waals surface area contributed by atoms with Gasteiger partial charge in [0.25, 0.3) is 0 Å². The number of hydrogen-bond acceptors (Lipinski definition) is 4. The Kier molecular flexibility index (Phi) is 5.71. The number of ether oxygens (including phenoxy) is 1. The highest BCUT2D eigenvalue weighted by molar-refractivity contribution is 7.91. The van der Waals surface area contributed by atoms with E-state index >= 15 is 0 Å². The van der Waals surface area contributed by atoms with Crippen molar-refractivity contribution in [3.8, 4) is 0 Å². The Morgan fingerprint density at radius 3 is 2.48 bits per heavy atom. The molecule has 5 heteroatoms. The largest absolute Gasteiger partial charge is 0.377 e. The molecule has 0 bridgehead atoms. The van der Waals surface area contributed by atoms with Crippen LogP contribution < -0.4 is 5.32 Å². The molecular weight excluding hydrogens is 286 g/mol. The molecule has 2 aliphatic carbocycles. The molecule has 2 fully saturated rings. The highest BCUT2D eigenvalue weighted by Crippen LogP contribution is 2.44. The van der Waals surface area contributed by atoms with Gasteiger partial charge in [0.2, 0.25) is 0 Å². The van der Waals surface area contributed by atoms with Gasteiger partial charge in [-0.1, -0.05) is 13.3 Å². The second kappa shape index (κ2) is 6.97. The minimum Gasteiger partial charge on any atom is -0.377 e. The summed E-state index contributed by atoms with van der Waals surface area (Å²) in [7, 11) is -1.11. The first kappa shape index (κ1) is 17.2. The van der Waals surface area contributed by atoms with Crippen LogP contribution in [-0.4, -0.2) is 45.2 Å². The lowest BCUT2D eigenvalue weighted by molar-refractivity contribution is -0.114. The predicted octanol–water partition coefficient (Wildman–Crippen LogP) is 2.53. The van der Waals surface area contributed by atoms with Crippen molar-refractivity contribution in [3.05, 3.63) is 0 Å². The Hall–Kier alpha value is -0.130. The van der Waals surface area contributed by atoms with Crippen molar-refractivity contribution in [2.24, 2.45) is 5.92 Å². The summed E-state index contributed by atoms with van der Waals surface area (Å²) in [5, 5.41) is 3.53. The molecule has 0 aliphatic heterocycles. The third-order valence-electron chi connectivity index (χ3n) is 5.53. The van der Waals surface area contributed by atoms with Crippen molar-refractivity contribution in [1.29, 1.82) is 0 Å². The Labute approximate surface area is 129 Å². The van der Waals surface area contributed by atoms with Crippen molar-refractivity contribution >= 4 is 9.84 Å². The minimum atomic E-state index is -2.92. The molecule has 0 aromatic heterocycles. The minimum absolute atomic E-state index is 0.0563. The monoisotopic (exact) mass is 317 g/mol. The average Bonchev–Trinajstić information content (AvgIpc) is 2.41. The average molecular weight is 317 g/mol. The number of rotatable bonds is 7. The summed E-state index contributed by atoms with van der Waals surface area (Å²) in [5.74, 6) is 0.422. The zero-order valence-corrected chi connectivity index (χ0v) is 14.5. The van der Waals surface area contributed by atoms with Crippen LogP contribution in [-0.2, 0) is 14.6 Å². The lowest BCUT2D eigenvalue weighted by atomic mass is 9.67. The molecule has 4 nitrogen and oxygen atoms in total. The molecule has 2 rings (SSSR count). The first-order chi connectivity index (χ1) is 9.93. The van der Waals surface area contributed by atoms with Gasteiger partial charge in [-0.2, -0.15) is 0 Å². The van der Waals surface area contributed by atoms with E-state index < -0.39 is 9.84 Å². The van der Waals surface area contributed by atoms with E-state index in [0.717, 1.165) is 51.5 Å². The molecule has 0 aromatic rings. The lowest BCUT2D eigenvalue weighted by Gasteiger charge is -2.51. The maximum atomic E-state index is 11.9. The predicted molar refractivity (Wildman–Crippen MR) is 86.3 cm³/mol. The molecule has 0 radical (unpaired) electrons. The van der Waals surface area contributed by atoms with Crippen molar-refractivity contribution < 1.29 is 13.2 Å². The van der Waals surface area contributed by atoms with Crippen LogP contribution in [0.5, 0.6) is 0 Å². The van der Waals surface area contributed by atoms with E-state index in [0.29, 0.717) is 12.0 Å². The van der Waals surface area contributed by atoms with E-state index in [9.17, 15) is 8.42 Å². The SMILES string of the molecule is CCCNC(C1CCCC(S(C)(=O)=O)C1)C1(OC)CCC1. The molecule has 0 spiro atoms. The summed E-state index contributed by atoms with van der Waals surface area (Å²) >= 11 is 0. The van der Waals surface area contributed by atoms with Crippen molar-refractivity contribution in [3.63, 3.8) is 0 Å². The summed E-state index contributed by atoms with van der Waals surface area (Å²) in [6.45, 7) is 3.15. The van der Waals surface area contributed by atoms with Crippen LogP contribution in [0.25, 0.3) is 0 Å². The van der Waals surface area contributed by atoms with Crippen molar-refractivity contribution in [2.45, 2.75) is 75.2 Å². The van der Waals surface area contributed by atoms with Crippen LogP contribution in [0.3, 0.4) is 0 Å². The molecular formula is C16H31NO3S. The van der Waals surface area contributed by atoms with Crippen LogP contribution >= 0.6 is 0 Å². The molecule has 0 saturated heterocycles. The van der Waals surface area contributed by atoms with Crippen LogP contribution in [0.2, 0.25) is 0 Å². The van der Waals surface area contributed by atoms with Gasteiger partial charge in [-0.25, -0.2) is 8.42 Å². The summed E-state index contributed by atoms with van der Waals surface area (Å²) < 4.78 is 29.7. The maximum absolute atomic E-state index is 11.9. The molecule has 0 aromatic carbocycles. The molecule has 0 amide bonds. The Balaban J connectivity index is 2.12. The molecule has 1 N–H and O–H groups in total. The van der Waals surface area contributed by atoms with E-state index in [-0.39, 0.29) is 10.9 Å². The zero-order valence-electron chi connectivity index (χ0n) is 13.7. The van der Waals surface area contributed by atoms with Gasteiger partial charge < -0.3 is 10.1 Å². The van der Waals surface area contributed by atoms with Gasteiger partial charge in [0.05, 0.1) is 10.9 Å². The van der Waals surface area contributed by atoms with Gasteiger partial charge in [0.1, 0.15) is 9.84 Å². The Morgan fingerprint density at radius 2 is 2.00 bits per heavy atom. The number of methoxy groups -OCH3 is 1. The normalized spacial score (nSPS) is 30.6. The van der Waals surface area contributed by atoms with Crippen LogP contribution in [0, 0.1) is 5.92 Å². The zero-order chi connectivity index (χ0) is 15.5. The molecule has 3 atom stereocenters. The van der Waals surface area contributed by atoms with Crippen molar-refractivity contribution in [1.82, 2.24) is 5.32 Å². The van der Waals surface area contributed by atoms with Crippen LogP contribution in [0.4, 0.5) is 0 Å². The Morgan fingerprint density at radius 1 is 1.29 bits per heavy atom. The molecule has 124 valence electrons. The van der Waals surface area contributed by atoms with Gasteiger partial charge in [-0.15, -0.1) is 0 Å². The molecule has 3 unspecified atom stereocenters. The first-order valence-electron chi connectivity index (χ1n) is 8.40. The fourth-order valence-electron chi connectivity index (χ4n) is 4.12. The van der Waals surface area contributed by atoms with Crippen LogP contribution in [0.1, 0.15) is 58.3 Å². The van der Waals surface area contributed by atoms with E-state index in [2.05, 4.69) is 12.2 Å². The van der Waals surface area contributed by atoms with E-state index in [1.807, 2.05) is 7.11 Å². The number of nitrogens with one attached hydrogen (secondary N) is 1. The van der Waals surface area contributed by atoms with Gasteiger partial charge >= 0.3 is 0 Å². The molecule has 2 aliphatic rings. The van der Waals surface area contributed by atoms with Crippen molar-refractivity contribution in [2.75, 3.05) is 19.9 Å². The third-order valence-corrected chi connectivity index (χ3v) is 7.17. The number of sulfone groups is 1. The first-order valence-corrected chi connectivity index (χ1v) is 10.4. The van der Waals surface area contributed by atoms with E-state index in [1.54, 1.807) is 0 Å². The van der Waals surface area contributed by atoms with E-state index in [4.69, 9.17) is 4.74 Å². The van der Waals surface area contributed by atoms with Gasteiger partial charge in [0, 0.05) is 19.4 Å². The van der Waals surface area contributed by atoms with Gasteiger partial charge in [0.15, 0.2) is 0 Å². The highest BCUT2D eigenvalue weighted by atomic mass is 32.2. The maximum Gasteiger partial charge on any atom is 0.150 e. The smallest absolute Gasteiger partial charge is 0.150 e.